The molecule has 2 aromatic carbocycles. The van der Waals surface area contributed by atoms with Crippen LogP contribution in [0, 0.1) is 46.3 Å². The van der Waals surface area contributed by atoms with Gasteiger partial charge in [0, 0.05) is 30.2 Å². The second kappa shape index (κ2) is 14.5. The normalized spacial score (nSPS) is 30.9. The first kappa shape index (κ1) is 35.8. The van der Waals surface area contributed by atoms with Crippen molar-refractivity contribution in [3.8, 4) is 22.8 Å². The maximum Gasteiger partial charge on any atom is 0.344 e. The van der Waals surface area contributed by atoms with Gasteiger partial charge in [-0.3, -0.25) is 4.79 Å². The molecule has 1 aromatic heterocycles. The monoisotopic (exact) mass is 694 g/mol. The predicted molar refractivity (Wildman–Crippen MR) is 203 cm³/mol. The number of allylic oxidation sites excluding steroid dienone is 1. The molecule has 0 aliphatic heterocycles. The first-order chi connectivity index (χ1) is 24.4. The lowest BCUT2D eigenvalue weighted by molar-refractivity contribution is -0.154. The molecule has 3 aromatic rings. The van der Waals surface area contributed by atoms with Crippen molar-refractivity contribution in [2.24, 2.45) is 46.3 Å². The number of hydrogen-bond acceptors (Lipinski definition) is 6. The molecular weight excluding hydrogens is 636 g/mol. The van der Waals surface area contributed by atoms with Gasteiger partial charge in [0.15, 0.2) is 12.0 Å². The van der Waals surface area contributed by atoms with E-state index in [1.54, 1.807) is 6.07 Å². The molecule has 4 aliphatic carbocycles. The molecular formula is C45H58O6. The first-order valence-corrected chi connectivity index (χ1v) is 19.8. The Kier molecular flexibility index (Phi) is 10.2. The Morgan fingerprint density at radius 1 is 0.980 bits per heavy atom. The summed E-state index contributed by atoms with van der Waals surface area (Å²) >= 11 is 0. The molecule has 0 bridgehead atoms. The minimum atomic E-state index is -0.430. The van der Waals surface area contributed by atoms with Gasteiger partial charge in [-0.05, 0) is 97.7 Å². The number of benzene rings is 2. The summed E-state index contributed by atoms with van der Waals surface area (Å²) in [6.07, 6.45) is 17.3. The van der Waals surface area contributed by atoms with E-state index >= 15 is 0 Å². The van der Waals surface area contributed by atoms with Gasteiger partial charge in [-0.2, -0.15) is 0 Å². The summed E-state index contributed by atoms with van der Waals surface area (Å²) in [6.45, 7) is 12.1. The van der Waals surface area contributed by atoms with Crippen molar-refractivity contribution in [1.29, 1.82) is 0 Å². The van der Waals surface area contributed by atoms with Crippen molar-refractivity contribution < 1.29 is 23.8 Å². The molecule has 0 unspecified atom stereocenters. The molecule has 3 fully saturated rings. The van der Waals surface area contributed by atoms with Crippen molar-refractivity contribution in [3.63, 3.8) is 0 Å². The Balaban J connectivity index is 0.956. The lowest BCUT2D eigenvalue weighted by Gasteiger charge is -2.61. The molecule has 7 rings (SSSR count). The van der Waals surface area contributed by atoms with Crippen molar-refractivity contribution in [3.05, 3.63) is 70.4 Å². The second-order valence-electron chi connectivity index (χ2n) is 17.6. The highest BCUT2D eigenvalue weighted by atomic mass is 16.6. The Morgan fingerprint density at radius 2 is 1.78 bits per heavy atom. The third-order valence-electron chi connectivity index (χ3n) is 13.9. The van der Waals surface area contributed by atoms with Gasteiger partial charge >= 0.3 is 5.97 Å². The van der Waals surface area contributed by atoms with E-state index in [0.29, 0.717) is 11.2 Å². The third-order valence-corrected chi connectivity index (χ3v) is 13.9. The zero-order valence-electron chi connectivity index (χ0n) is 31.4. The van der Waals surface area contributed by atoms with Gasteiger partial charge in [-0.15, -0.1) is 0 Å². The Bertz CT molecular complexity index is 1810. The van der Waals surface area contributed by atoms with Crippen LogP contribution in [0.15, 0.2) is 69.4 Å². The average molecular weight is 695 g/mol. The number of carbonyl (C=O) groups is 1. The van der Waals surface area contributed by atoms with Crippen LogP contribution in [0.2, 0.25) is 0 Å². The van der Waals surface area contributed by atoms with Gasteiger partial charge in [-0.1, -0.05) is 95.9 Å². The molecule has 3 saturated carbocycles. The van der Waals surface area contributed by atoms with E-state index in [-0.39, 0.29) is 46.0 Å². The van der Waals surface area contributed by atoms with Crippen LogP contribution in [0.3, 0.4) is 0 Å². The highest BCUT2D eigenvalue weighted by molar-refractivity contribution is 5.86. The number of aromatic hydroxyl groups is 1. The lowest BCUT2D eigenvalue weighted by atomic mass is 9.44. The fraction of sp³-hybridized carbons (Fsp3) is 0.600. The van der Waals surface area contributed by atoms with Crippen molar-refractivity contribution in [2.75, 3.05) is 6.61 Å². The summed E-state index contributed by atoms with van der Waals surface area (Å²) in [5.74, 6) is 4.80. The maximum absolute atomic E-state index is 13.0. The molecule has 6 nitrogen and oxygen atoms in total. The summed E-state index contributed by atoms with van der Waals surface area (Å²) < 4.78 is 17.8. The molecule has 1 N–H and O–H groups in total. The smallest absolute Gasteiger partial charge is 0.344 e. The van der Waals surface area contributed by atoms with E-state index in [2.05, 4.69) is 40.7 Å². The zero-order valence-corrected chi connectivity index (χ0v) is 31.4. The third kappa shape index (κ3) is 7.26. The van der Waals surface area contributed by atoms with Crippen LogP contribution in [0.25, 0.3) is 22.3 Å². The SMILES string of the molecule is CC(C)CCC[C@H](C)[C@H]1CC[C@H]2[C@H]3CC=C4C[C@@H](OC(=O)COc5cc(O)c6c(=O)cc(-c7ccccc7)oc6c5)CC[C@]4(C)[C@@H]3CC[C@]2(C)C1. The zero-order chi connectivity index (χ0) is 35.9. The van der Waals surface area contributed by atoms with Crippen LogP contribution in [0.1, 0.15) is 112 Å². The number of phenolic OH excluding ortho intramolecular Hbond substituents is 1. The summed E-state index contributed by atoms with van der Waals surface area (Å²) in [4.78, 5) is 25.9. The van der Waals surface area contributed by atoms with Crippen LogP contribution in [0.5, 0.6) is 11.5 Å². The van der Waals surface area contributed by atoms with Crippen molar-refractivity contribution in [1.82, 2.24) is 0 Å². The summed E-state index contributed by atoms with van der Waals surface area (Å²) in [5, 5.41) is 10.7. The maximum atomic E-state index is 13.0. The second-order valence-corrected chi connectivity index (χ2v) is 17.6. The van der Waals surface area contributed by atoms with Crippen molar-refractivity contribution in [2.45, 2.75) is 118 Å². The minimum absolute atomic E-state index is 0.0789. The van der Waals surface area contributed by atoms with E-state index in [1.807, 2.05) is 30.3 Å². The van der Waals surface area contributed by atoms with Crippen LogP contribution >= 0.6 is 0 Å². The molecule has 51 heavy (non-hydrogen) atoms. The molecule has 274 valence electrons. The standard InChI is InChI=1S/C45H58O6/c1-28(2)10-9-11-29(3)31-14-17-36-35-16-15-32-22-33(18-21-45(32,5)37(35)19-20-44(36,4)26-31)50-42(48)27-49-34-23-38(46)43-39(47)25-40(51-41(43)24-34)30-12-7-6-8-13-30/h6-8,12-13,15,23-25,28-29,31,33,35-37,46H,9-11,14,16-22,26-27H2,1-5H3/t29-,31-,33-,35+,36-,37+,44+,45-/m0/s1. The Hall–Kier alpha value is -3.54. The Labute approximate surface area is 304 Å². The minimum Gasteiger partial charge on any atom is -0.507 e. The van der Waals surface area contributed by atoms with Crippen molar-refractivity contribution >= 4 is 16.9 Å². The van der Waals surface area contributed by atoms with E-state index in [0.717, 1.165) is 60.3 Å². The molecule has 0 saturated heterocycles. The van der Waals surface area contributed by atoms with E-state index in [1.165, 1.54) is 75.5 Å². The van der Waals surface area contributed by atoms with Gasteiger partial charge < -0.3 is 19.0 Å². The number of hydrogen-bond donors (Lipinski definition) is 1. The van der Waals surface area contributed by atoms with E-state index < -0.39 is 5.97 Å². The quantitative estimate of drug-likeness (QED) is 0.168. The fourth-order valence-electron chi connectivity index (χ4n) is 11.0. The van der Waals surface area contributed by atoms with Gasteiger partial charge in [0.05, 0.1) is 0 Å². The van der Waals surface area contributed by atoms with Gasteiger partial charge in [0.2, 0.25) is 0 Å². The highest BCUT2D eigenvalue weighted by Gasteiger charge is 2.56. The average Bonchev–Trinajstić information content (AvgIpc) is 3.10. The van der Waals surface area contributed by atoms with E-state index in [9.17, 15) is 14.7 Å². The summed E-state index contributed by atoms with van der Waals surface area (Å²) in [5.41, 5.74) is 2.76. The van der Waals surface area contributed by atoms with Crippen LogP contribution in [-0.4, -0.2) is 23.8 Å². The van der Waals surface area contributed by atoms with Crippen LogP contribution < -0.4 is 10.2 Å². The fourth-order valence-corrected chi connectivity index (χ4v) is 11.0. The molecule has 0 radical (unpaired) electrons. The molecule has 6 heteroatoms. The number of rotatable bonds is 10. The topological polar surface area (TPSA) is 86.0 Å². The Morgan fingerprint density at radius 3 is 2.57 bits per heavy atom. The van der Waals surface area contributed by atoms with Gasteiger partial charge in [0.25, 0.3) is 0 Å². The molecule has 0 spiro atoms. The first-order valence-electron chi connectivity index (χ1n) is 19.8. The predicted octanol–water partition coefficient (Wildman–Crippen LogP) is 10.9. The van der Waals surface area contributed by atoms with Crippen LogP contribution in [-0.2, 0) is 9.53 Å². The molecule has 4 aliphatic rings. The largest absolute Gasteiger partial charge is 0.507 e. The highest BCUT2D eigenvalue weighted by Crippen LogP contribution is 2.65. The van der Waals surface area contributed by atoms with E-state index in [4.69, 9.17) is 13.9 Å². The molecule has 8 atom stereocenters. The summed E-state index contributed by atoms with van der Waals surface area (Å²) in [7, 11) is 0. The molecule has 1 heterocycles. The lowest BCUT2D eigenvalue weighted by Crippen LogP contribution is -2.52. The van der Waals surface area contributed by atoms with Crippen LogP contribution in [0.4, 0.5) is 0 Å². The summed E-state index contributed by atoms with van der Waals surface area (Å²) in [6, 6.07) is 13.6. The number of ether oxygens (including phenoxy) is 2. The number of phenols is 1. The molecule has 0 amide bonds. The number of esters is 1. The number of fused-ring (bicyclic) bond motifs is 6. The number of carbonyl (C=O) groups excluding carboxylic acids is 1. The van der Waals surface area contributed by atoms with Gasteiger partial charge in [-0.25, -0.2) is 4.79 Å². The van der Waals surface area contributed by atoms with Gasteiger partial charge in [0.1, 0.15) is 34.3 Å².